The predicted octanol–water partition coefficient (Wildman–Crippen LogP) is 0.167. The summed E-state index contributed by atoms with van der Waals surface area (Å²) in [4.78, 5) is 6.30. The summed E-state index contributed by atoms with van der Waals surface area (Å²) >= 11 is 0. The van der Waals surface area contributed by atoms with Gasteiger partial charge in [0.1, 0.15) is 0 Å². The molecule has 1 saturated heterocycles. The van der Waals surface area contributed by atoms with Gasteiger partial charge in [0.2, 0.25) is 15.9 Å². The minimum Gasteiger partial charge on any atom is -0.481 e. The molecule has 0 N–H and O–H groups in total. The Balaban J connectivity index is 1.92. The average molecular weight is 285 g/mol. The molecule has 7 heteroatoms. The van der Waals surface area contributed by atoms with Crippen molar-refractivity contribution in [2.24, 2.45) is 0 Å². The van der Waals surface area contributed by atoms with Gasteiger partial charge in [0.25, 0.3) is 0 Å². The monoisotopic (exact) mass is 285 g/mol. The molecule has 0 bridgehead atoms. The van der Waals surface area contributed by atoms with Gasteiger partial charge in [-0.25, -0.2) is 13.4 Å². The molecule has 6 nitrogen and oxygen atoms in total. The number of sulfonamides is 1. The highest BCUT2D eigenvalue weighted by Crippen LogP contribution is 2.13. The van der Waals surface area contributed by atoms with Gasteiger partial charge in [0.15, 0.2) is 0 Å². The standard InChI is InChI=1S/C12H19N3O3S/c1-18-12-9-11(3-4-13-12)10-14-5-7-15(8-6-14)19(2,16)17/h3-4,9H,5-8,10H2,1-2H3. The van der Waals surface area contributed by atoms with Crippen molar-refractivity contribution in [3.05, 3.63) is 23.9 Å². The number of aromatic nitrogens is 1. The van der Waals surface area contributed by atoms with Gasteiger partial charge in [-0.1, -0.05) is 0 Å². The SMILES string of the molecule is COc1cc(CN2CCN(S(C)(=O)=O)CC2)ccn1. The van der Waals surface area contributed by atoms with Crippen LogP contribution in [0.3, 0.4) is 0 Å². The van der Waals surface area contributed by atoms with Crippen molar-refractivity contribution in [3.8, 4) is 5.88 Å². The molecule has 2 heterocycles. The molecule has 1 aromatic heterocycles. The van der Waals surface area contributed by atoms with Gasteiger partial charge >= 0.3 is 0 Å². The maximum Gasteiger partial charge on any atom is 0.213 e. The highest BCUT2D eigenvalue weighted by Gasteiger charge is 2.23. The summed E-state index contributed by atoms with van der Waals surface area (Å²) in [6.07, 6.45) is 2.98. The molecular formula is C12H19N3O3S. The topological polar surface area (TPSA) is 62.7 Å². The van der Waals surface area contributed by atoms with E-state index >= 15 is 0 Å². The minimum atomic E-state index is -3.06. The summed E-state index contributed by atoms with van der Waals surface area (Å²) in [5.74, 6) is 0.604. The normalized spacial score (nSPS) is 18.4. The van der Waals surface area contributed by atoms with E-state index in [-0.39, 0.29) is 0 Å². The molecule has 0 atom stereocenters. The number of nitrogens with zero attached hydrogens (tertiary/aromatic N) is 3. The second-order valence-electron chi connectivity index (χ2n) is 4.64. The fourth-order valence-corrected chi connectivity index (χ4v) is 2.96. The van der Waals surface area contributed by atoms with Crippen molar-refractivity contribution in [1.82, 2.24) is 14.2 Å². The summed E-state index contributed by atoms with van der Waals surface area (Å²) in [7, 11) is -1.46. The first-order chi connectivity index (χ1) is 8.99. The molecule has 0 saturated carbocycles. The number of ether oxygens (including phenoxy) is 1. The van der Waals surface area contributed by atoms with E-state index in [1.165, 1.54) is 10.6 Å². The van der Waals surface area contributed by atoms with Gasteiger partial charge in [-0.15, -0.1) is 0 Å². The van der Waals surface area contributed by atoms with Crippen molar-refractivity contribution in [1.29, 1.82) is 0 Å². The molecule has 2 rings (SSSR count). The third-order valence-corrected chi connectivity index (χ3v) is 4.52. The summed E-state index contributed by atoms with van der Waals surface area (Å²) in [5.41, 5.74) is 1.12. The summed E-state index contributed by atoms with van der Waals surface area (Å²) < 4.78 is 29.4. The van der Waals surface area contributed by atoms with Crippen LogP contribution in [0.5, 0.6) is 5.88 Å². The van der Waals surface area contributed by atoms with E-state index in [0.29, 0.717) is 19.0 Å². The third kappa shape index (κ3) is 3.89. The van der Waals surface area contributed by atoms with Crippen molar-refractivity contribution in [3.63, 3.8) is 0 Å². The van der Waals surface area contributed by atoms with Gasteiger partial charge in [-0.05, 0) is 11.6 Å². The van der Waals surface area contributed by atoms with Crippen molar-refractivity contribution in [2.45, 2.75) is 6.54 Å². The van der Waals surface area contributed by atoms with Gasteiger partial charge in [0, 0.05) is 45.0 Å². The van der Waals surface area contributed by atoms with Crippen molar-refractivity contribution < 1.29 is 13.2 Å². The largest absolute Gasteiger partial charge is 0.481 e. The third-order valence-electron chi connectivity index (χ3n) is 3.21. The Hall–Kier alpha value is -1.18. The zero-order valence-corrected chi connectivity index (χ0v) is 12.1. The fourth-order valence-electron chi connectivity index (χ4n) is 2.14. The van der Waals surface area contributed by atoms with E-state index in [4.69, 9.17) is 4.74 Å². The van der Waals surface area contributed by atoms with Crippen LogP contribution in [0.1, 0.15) is 5.56 Å². The molecule has 1 aliphatic rings. The van der Waals surface area contributed by atoms with Crippen LogP contribution in [0, 0.1) is 0 Å². The maximum absolute atomic E-state index is 11.4. The number of hydrogen-bond acceptors (Lipinski definition) is 5. The first-order valence-electron chi connectivity index (χ1n) is 6.15. The molecular weight excluding hydrogens is 266 g/mol. The Kier molecular flexibility index (Phi) is 4.38. The van der Waals surface area contributed by atoms with Gasteiger partial charge in [0.05, 0.1) is 13.4 Å². The lowest BCUT2D eigenvalue weighted by Gasteiger charge is -2.33. The van der Waals surface area contributed by atoms with Gasteiger partial charge < -0.3 is 4.74 Å². The number of rotatable bonds is 4. The van der Waals surface area contributed by atoms with Crippen LogP contribution in [0.4, 0.5) is 0 Å². The first-order valence-corrected chi connectivity index (χ1v) is 8.00. The minimum absolute atomic E-state index is 0.557. The number of piperazine rings is 1. The Morgan fingerprint density at radius 3 is 2.58 bits per heavy atom. The second-order valence-corrected chi connectivity index (χ2v) is 6.63. The lowest BCUT2D eigenvalue weighted by atomic mass is 10.2. The number of hydrogen-bond donors (Lipinski definition) is 0. The summed E-state index contributed by atoms with van der Waals surface area (Å²) in [6.45, 7) is 3.40. The predicted molar refractivity (Wildman–Crippen MR) is 72.5 cm³/mol. The highest BCUT2D eigenvalue weighted by atomic mass is 32.2. The second kappa shape index (κ2) is 5.85. The average Bonchev–Trinajstić information content (AvgIpc) is 2.38. The van der Waals surface area contributed by atoms with Crippen LogP contribution in [0.25, 0.3) is 0 Å². The van der Waals surface area contributed by atoms with E-state index in [0.717, 1.165) is 25.2 Å². The van der Waals surface area contributed by atoms with Crippen LogP contribution in [0.2, 0.25) is 0 Å². The van der Waals surface area contributed by atoms with E-state index in [9.17, 15) is 8.42 Å². The first kappa shape index (κ1) is 14.2. The molecule has 0 spiro atoms. The molecule has 1 aromatic rings. The van der Waals surface area contributed by atoms with Crippen molar-refractivity contribution >= 4 is 10.0 Å². The maximum atomic E-state index is 11.4. The summed E-state index contributed by atoms with van der Waals surface area (Å²) in [5, 5.41) is 0. The van der Waals surface area contributed by atoms with Crippen LogP contribution >= 0.6 is 0 Å². The zero-order chi connectivity index (χ0) is 13.9. The zero-order valence-electron chi connectivity index (χ0n) is 11.2. The lowest BCUT2D eigenvalue weighted by molar-refractivity contribution is 0.182. The Morgan fingerprint density at radius 1 is 1.32 bits per heavy atom. The lowest BCUT2D eigenvalue weighted by Crippen LogP contribution is -2.47. The van der Waals surface area contributed by atoms with Crippen LogP contribution in [0.15, 0.2) is 18.3 Å². The molecule has 19 heavy (non-hydrogen) atoms. The molecule has 0 unspecified atom stereocenters. The Labute approximate surface area is 114 Å². The quantitative estimate of drug-likeness (QED) is 0.789. The van der Waals surface area contributed by atoms with Crippen LogP contribution in [-0.2, 0) is 16.6 Å². The molecule has 1 fully saturated rings. The van der Waals surface area contributed by atoms with Gasteiger partial charge in [-0.2, -0.15) is 4.31 Å². The van der Waals surface area contributed by atoms with E-state index < -0.39 is 10.0 Å². The van der Waals surface area contributed by atoms with E-state index in [1.54, 1.807) is 13.3 Å². The molecule has 106 valence electrons. The van der Waals surface area contributed by atoms with Crippen LogP contribution < -0.4 is 4.74 Å². The van der Waals surface area contributed by atoms with Crippen LogP contribution in [-0.4, -0.2) is 62.2 Å². The Morgan fingerprint density at radius 2 is 2.00 bits per heavy atom. The molecule has 0 aromatic carbocycles. The molecule has 0 aliphatic carbocycles. The smallest absolute Gasteiger partial charge is 0.213 e. The fraction of sp³-hybridized carbons (Fsp3) is 0.583. The van der Waals surface area contributed by atoms with Crippen molar-refractivity contribution in [2.75, 3.05) is 39.5 Å². The summed E-state index contributed by atoms with van der Waals surface area (Å²) in [6, 6.07) is 3.86. The molecule has 1 aliphatic heterocycles. The van der Waals surface area contributed by atoms with Gasteiger partial charge in [-0.3, -0.25) is 4.90 Å². The number of pyridine rings is 1. The highest BCUT2D eigenvalue weighted by molar-refractivity contribution is 7.88. The number of methoxy groups -OCH3 is 1. The van der Waals surface area contributed by atoms with E-state index in [2.05, 4.69) is 9.88 Å². The van der Waals surface area contributed by atoms with E-state index in [1.807, 2.05) is 12.1 Å². The Bertz CT molecular complexity index is 525. The molecule has 0 radical (unpaired) electrons. The molecule has 0 amide bonds.